The fraction of sp³-hybridized carbons (Fsp3) is 0.889. The summed E-state index contributed by atoms with van der Waals surface area (Å²) in [5, 5.41) is 0. The van der Waals surface area contributed by atoms with Crippen LogP contribution in [-0.4, -0.2) is 36.5 Å². The number of carbonyl (C=O) groups excluding carboxylic acids is 2. The second kappa shape index (κ2) is 4.97. The second-order valence-electron chi connectivity index (χ2n) is 8.43. The summed E-state index contributed by atoms with van der Waals surface area (Å²) in [7, 11) is 1.41. The first-order valence-electron chi connectivity index (χ1n) is 8.88. The molecule has 2 atom stereocenters. The van der Waals surface area contributed by atoms with Crippen LogP contribution in [0.1, 0.15) is 51.9 Å². The number of rotatable bonds is 3. The Morgan fingerprint density at radius 3 is 2.23 bits per heavy atom. The van der Waals surface area contributed by atoms with Gasteiger partial charge in [0, 0.05) is 19.0 Å². The molecule has 4 heteroatoms. The zero-order chi connectivity index (χ0) is 15.5. The van der Waals surface area contributed by atoms with Crippen LogP contribution in [0.5, 0.6) is 0 Å². The highest BCUT2D eigenvalue weighted by molar-refractivity contribution is 5.87. The fourth-order valence-corrected chi connectivity index (χ4v) is 6.45. The minimum atomic E-state index is -0.256. The minimum Gasteiger partial charge on any atom is -0.469 e. The van der Waals surface area contributed by atoms with Gasteiger partial charge in [0.2, 0.25) is 5.91 Å². The first kappa shape index (κ1) is 14.5. The van der Waals surface area contributed by atoms with Gasteiger partial charge in [0.1, 0.15) is 0 Å². The first-order chi connectivity index (χ1) is 10.5. The molecule has 0 N–H and O–H groups in total. The lowest BCUT2D eigenvalue weighted by Gasteiger charge is -2.60. The maximum atomic E-state index is 12.5. The lowest BCUT2D eigenvalue weighted by Crippen LogP contribution is -2.56. The number of methoxy groups -OCH3 is 1. The van der Waals surface area contributed by atoms with Crippen LogP contribution < -0.4 is 0 Å². The van der Waals surface area contributed by atoms with E-state index in [1.165, 1.54) is 45.6 Å². The summed E-state index contributed by atoms with van der Waals surface area (Å²) in [4.78, 5) is 26.2. The van der Waals surface area contributed by atoms with Crippen LogP contribution in [-0.2, 0) is 14.3 Å². The standard InChI is InChI=1S/C18H27NO3/c1-11(19-10-15(6-16(19)20)17(21)22-2)18-7-12-3-13(8-18)5-14(4-12)9-18/h11-15H,3-10H2,1-2H3/t11-,12?,13?,14?,15-,18?/m0/s1. The van der Waals surface area contributed by atoms with Crippen molar-refractivity contribution < 1.29 is 14.3 Å². The van der Waals surface area contributed by atoms with E-state index in [0.717, 1.165) is 17.8 Å². The van der Waals surface area contributed by atoms with Crippen molar-refractivity contribution >= 4 is 11.9 Å². The van der Waals surface area contributed by atoms with Crippen LogP contribution >= 0.6 is 0 Å². The molecule has 4 bridgehead atoms. The summed E-state index contributed by atoms with van der Waals surface area (Å²) in [6, 6.07) is 0.281. The second-order valence-corrected chi connectivity index (χ2v) is 8.43. The Labute approximate surface area is 132 Å². The highest BCUT2D eigenvalue weighted by Crippen LogP contribution is 2.62. The molecule has 122 valence electrons. The maximum absolute atomic E-state index is 12.5. The first-order valence-corrected chi connectivity index (χ1v) is 8.88. The fourth-order valence-electron chi connectivity index (χ4n) is 6.45. The summed E-state index contributed by atoms with van der Waals surface area (Å²) < 4.78 is 4.84. The molecule has 1 amide bonds. The Hall–Kier alpha value is -1.06. The molecule has 0 aromatic carbocycles. The van der Waals surface area contributed by atoms with E-state index in [4.69, 9.17) is 4.74 Å². The molecule has 5 rings (SSSR count). The van der Waals surface area contributed by atoms with E-state index in [-0.39, 0.29) is 23.8 Å². The number of hydrogen-bond acceptors (Lipinski definition) is 3. The lowest BCUT2D eigenvalue weighted by atomic mass is 9.47. The van der Waals surface area contributed by atoms with E-state index < -0.39 is 0 Å². The molecule has 4 nitrogen and oxygen atoms in total. The van der Waals surface area contributed by atoms with Crippen molar-refractivity contribution in [1.82, 2.24) is 4.90 Å². The SMILES string of the molecule is COC(=O)[C@H]1CC(=O)N([C@@H](C)C23CC4CC(CC(C4)C2)C3)C1. The maximum Gasteiger partial charge on any atom is 0.310 e. The zero-order valence-electron chi connectivity index (χ0n) is 13.7. The van der Waals surface area contributed by atoms with E-state index in [9.17, 15) is 9.59 Å². The van der Waals surface area contributed by atoms with Gasteiger partial charge in [-0.15, -0.1) is 0 Å². The van der Waals surface area contributed by atoms with Crippen LogP contribution in [0.4, 0.5) is 0 Å². The summed E-state index contributed by atoms with van der Waals surface area (Å²) in [6.45, 7) is 2.80. The van der Waals surface area contributed by atoms with Crippen LogP contribution in [0.2, 0.25) is 0 Å². The van der Waals surface area contributed by atoms with Crippen molar-refractivity contribution in [3.63, 3.8) is 0 Å². The largest absolute Gasteiger partial charge is 0.469 e. The molecular formula is C18H27NO3. The van der Waals surface area contributed by atoms with Crippen molar-refractivity contribution in [3.05, 3.63) is 0 Å². The summed E-state index contributed by atoms with van der Waals surface area (Å²) in [5.74, 6) is 2.34. The zero-order valence-corrected chi connectivity index (χ0v) is 13.7. The molecule has 0 spiro atoms. The van der Waals surface area contributed by atoms with Gasteiger partial charge in [0.15, 0.2) is 0 Å². The van der Waals surface area contributed by atoms with Gasteiger partial charge < -0.3 is 9.64 Å². The number of ether oxygens (including phenoxy) is 1. The van der Waals surface area contributed by atoms with Crippen molar-refractivity contribution in [1.29, 1.82) is 0 Å². The third-order valence-corrected chi connectivity index (χ3v) is 7.13. The molecule has 22 heavy (non-hydrogen) atoms. The number of esters is 1. The van der Waals surface area contributed by atoms with Gasteiger partial charge in [-0.25, -0.2) is 0 Å². The van der Waals surface area contributed by atoms with Crippen LogP contribution in [0, 0.1) is 29.1 Å². The molecule has 5 fully saturated rings. The molecule has 1 aliphatic heterocycles. The predicted molar refractivity (Wildman–Crippen MR) is 81.9 cm³/mol. The molecule has 1 heterocycles. The van der Waals surface area contributed by atoms with Gasteiger partial charge in [-0.2, -0.15) is 0 Å². The molecule has 1 saturated heterocycles. The van der Waals surface area contributed by atoms with E-state index >= 15 is 0 Å². The molecule has 5 aliphatic rings. The molecule has 0 radical (unpaired) electrons. The highest BCUT2D eigenvalue weighted by atomic mass is 16.5. The smallest absolute Gasteiger partial charge is 0.310 e. The van der Waals surface area contributed by atoms with Crippen molar-refractivity contribution in [2.45, 2.75) is 57.9 Å². The van der Waals surface area contributed by atoms with Gasteiger partial charge in [-0.05, 0) is 68.6 Å². The van der Waals surface area contributed by atoms with Gasteiger partial charge >= 0.3 is 5.97 Å². The number of carbonyl (C=O) groups is 2. The Kier molecular flexibility index (Phi) is 3.28. The molecular weight excluding hydrogens is 278 g/mol. The highest BCUT2D eigenvalue weighted by Gasteiger charge is 2.55. The molecule has 4 aliphatic carbocycles. The molecule has 0 aromatic heterocycles. The van der Waals surface area contributed by atoms with E-state index in [0.29, 0.717) is 18.4 Å². The molecule has 0 unspecified atom stereocenters. The quantitative estimate of drug-likeness (QED) is 0.753. The third-order valence-electron chi connectivity index (χ3n) is 7.13. The number of hydrogen-bond donors (Lipinski definition) is 0. The van der Waals surface area contributed by atoms with Crippen molar-refractivity contribution in [3.8, 4) is 0 Å². The summed E-state index contributed by atoms with van der Waals surface area (Å²) in [5.41, 5.74) is 0.329. The van der Waals surface area contributed by atoms with Crippen LogP contribution in [0.15, 0.2) is 0 Å². The molecule has 4 saturated carbocycles. The van der Waals surface area contributed by atoms with Gasteiger partial charge in [-0.1, -0.05) is 0 Å². The van der Waals surface area contributed by atoms with Crippen LogP contribution in [0.25, 0.3) is 0 Å². The number of likely N-dealkylation sites (tertiary alicyclic amines) is 1. The van der Waals surface area contributed by atoms with Crippen LogP contribution in [0.3, 0.4) is 0 Å². The van der Waals surface area contributed by atoms with Gasteiger partial charge in [-0.3, -0.25) is 9.59 Å². The van der Waals surface area contributed by atoms with E-state index in [1.54, 1.807) is 0 Å². The Morgan fingerprint density at radius 1 is 1.18 bits per heavy atom. The molecule has 0 aromatic rings. The summed E-state index contributed by atoms with van der Waals surface area (Å²) in [6.07, 6.45) is 8.50. The Morgan fingerprint density at radius 2 is 1.73 bits per heavy atom. The third kappa shape index (κ3) is 2.10. The normalized spacial score (nSPS) is 44.5. The number of nitrogens with zero attached hydrogens (tertiary/aromatic N) is 1. The lowest BCUT2D eigenvalue weighted by molar-refractivity contribution is -0.145. The van der Waals surface area contributed by atoms with Gasteiger partial charge in [0.05, 0.1) is 13.0 Å². The topological polar surface area (TPSA) is 46.6 Å². The van der Waals surface area contributed by atoms with E-state index in [1.807, 2.05) is 4.90 Å². The monoisotopic (exact) mass is 305 g/mol. The average Bonchev–Trinajstić information content (AvgIpc) is 2.86. The Bertz CT molecular complexity index is 465. The predicted octanol–water partition coefficient (Wildman–Crippen LogP) is 2.61. The summed E-state index contributed by atoms with van der Waals surface area (Å²) >= 11 is 0. The Balaban J connectivity index is 1.53. The van der Waals surface area contributed by atoms with Crippen molar-refractivity contribution in [2.24, 2.45) is 29.1 Å². The van der Waals surface area contributed by atoms with Gasteiger partial charge in [0.25, 0.3) is 0 Å². The minimum absolute atomic E-state index is 0.152. The number of amides is 1. The van der Waals surface area contributed by atoms with E-state index in [2.05, 4.69) is 6.92 Å². The average molecular weight is 305 g/mol. The van der Waals surface area contributed by atoms with Crippen molar-refractivity contribution in [2.75, 3.05) is 13.7 Å².